The zero-order valence-corrected chi connectivity index (χ0v) is 18.5. The van der Waals surface area contributed by atoms with Crippen molar-refractivity contribution in [1.29, 1.82) is 0 Å². The van der Waals surface area contributed by atoms with Gasteiger partial charge in [-0.3, -0.25) is 9.36 Å². The minimum atomic E-state index is 0.110. The molecule has 7 heteroatoms. The average molecular weight is 435 g/mol. The van der Waals surface area contributed by atoms with E-state index in [1.807, 2.05) is 19.1 Å². The summed E-state index contributed by atoms with van der Waals surface area (Å²) < 4.78 is 7.08. The van der Waals surface area contributed by atoms with Crippen LogP contribution in [-0.4, -0.2) is 20.7 Å². The van der Waals surface area contributed by atoms with Crippen LogP contribution < -0.4 is 10.9 Å². The van der Waals surface area contributed by atoms with Crippen molar-refractivity contribution in [3.8, 4) is 0 Å². The molecule has 0 saturated heterocycles. The standard InChI is InChI=1S/C24H26N4O2S/c1-16-12-19(30-27-16)14-25-18-9-10-20-21(13-18)31-23-22(20)24(29)28(15-26-23)11-5-8-17-6-3-2-4-7-17/h2-4,6-7,12,15,18,25H,5,8-11,13-14H2,1H3/t18-/m0/s1. The number of nitrogens with zero attached hydrogens (tertiary/aromatic N) is 3. The van der Waals surface area contributed by atoms with Crippen LogP contribution in [0.1, 0.15) is 40.3 Å². The number of benzene rings is 1. The molecule has 160 valence electrons. The van der Waals surface area contributed by atoms with Gasteiger partial charge in [-0.15, -0.1) is 11.3 Å². The molecular weight excluding hydrogens is 408 g/mol. The smallest absolute Gasteiger partial charge is 0.262 e. The molecule has 0 radical (unpaired) electrons. The Morgan fingerprint density at radius 3 is 2.97 bits per heavy atom. The Morgan fingerprint density at radius 2 is 2.16 bits per heavy atom. The second kappa shape index (κ2) is 8.77. The Balaban J connectivity index is 1.28. The summed E-state index contributed by atoms with van der Waals surface area (Å²) in [5.74, 6) is 0.861. The van der Waals surface area contributed by atoms with Crippen molar-refractivity contribution < 1.29 is 4.52 Å². The fourth-order valence-electron chi connectivity index (χ4n) is 4.38. The summed E-state index contributed by atoms with van der Waals surface area (Å²) in [7, 11) is 0. The summed E-state index contributed by atoms with van der Waals surface area (Å²) in [5, 5.41) is 8.36. The van der Waals surface area contributed by atoms with E-state index in [0.29, 0.717) is 19.1 Å². The first-order valence-corrected chi connectivity index (χ1v) is 11.7. The van der Waals surface area contributed by atoms with E-state index in [4.69, 9.17) is 4.52 Å². The van der Waals surface area contributed by atoms with Gasteiger partial charge in [-0.2, -0.15) is 0 Å². The van der Waals surface area contributed by atoms with E-state index in [9.17, 15) is 4.79 Å². The number of thiophene rings is 1. The lowest BCUT2D eigenvalue weighted by Gasteiger charge is -2.22. The number of aryl methyl sites for hydroxylation is 4. The summed E-state index contributed by atoms with van der Waals surface area (Å²) >= 11 is 1.67. The SMILES string of the molecule is Cc1cc(CN[C@H]2CCc3c(sc4ncn(CCCc5ccccc5)c(=O)c34)C2)on1. The molecule has 5 rings (SSSR count). The molecule has 31 heavy (non-hydrogen) atoms. The molecule has 0 aliphatic heterocycles. The number of nitrogens with one attached hydrogen (secondary N) is 1. The first-order valence-electron chi connectivity index (χ1n) is 10.9. The van der Waals surface area contributed by atoms with E-state index in [1.54, 1.807) is 22.2 Å². The normalized spacial score (nSPS) is 16.0. The highest BCUT2D eigenvalue weighted by Crippen LogP contribution is 2.33. The summed E-state index contributed by atoms with van der Waals surface area (Å²) in [6.07, 6.45) is 6.46. The maximum atomic E-state index is 13.2. The average Bonchev–Trinajstić information content (AvgIpc) is 3.37. The fraction of sp³-hybridized carbons (Fsp3) is 0.375. The van der Waals surface area contributed by atoms with Crippen LogP contribution >= 0.6 is 11.3 Å². The van der Waals surface area contributed by atoms with Gasteiger partial charge in [0, 0.05) is 23.5 Å². The molecule has 1 aliphatic rings. The van der Waals surface area contributed by atoms with Gasteiger partial charge in [-0.05, 0) is 50.2 Å². The summed E-state index contributed by atoms with van der Waals surface area (Å²) in [4.78, 5) is 20.0. The zero-order valence-electron chi connectivity index (χ0n) is 17.6. The first-order chi connectivity index (χ1) is 15.2. The molecule has 1 aliphatic carbocycles. The second-order valence-corrected chi connectivity index (χ2v) is 9.36. The molecule has 1 N–H and O–H groups in total. The summed E-state index contributed by atoms with van der Waals surface area (Å²) in [6, 6.07) is 12.7. The highest BCUT2D eigenvalue weighted by Gasteiger charge is 2.25. The molecular formula is C24H26N4O2S. The number of fused-ring (bicyclic) bond motifs is 3. The highest BCUT2D eigenvalue weighted by atomic mass is 32.1. The van der Waals surface area contributed by atoms with Crippen molar-refractivity contribution in [2.45, 2.75) is 58.2 Å². The van der Waals surface area contributed by atoms with E-state index in [2.05, 4.69) is 39.7 Å². The molecule has 0 saturated carbocycles. The molecule has 4 aromatic rings. The van der Waals surface area contributed by atoms with E-state index in [1.165, 1.54) is 16.0 Å². The van der Waals surface area contributed by atoms with Crippen LogP contribution in [-0.2, 0) is 32.4 Å². The van der Waals surface area contributed by atoms with Crippen molar-refractivity contribution >= 4 is 21.6 Å². The third-order valence-corrected chi connectivity index (χ3v) is 7.15. The van der Waals surface area contributed by atoms with Crippen molar-refractivity contribution in [3.63, 3.8) is 0 Å². The number of aromatic nitrogens is 3. The second-order valence-electron chi connectivity index (χ2n) is 8.27. The van der Waals surface area contributed by atoms with E-state index < -0.39 is 0 Å². The summed E-state index contributed by atoms with van der Waals surface area (Å²) in [5.41, 5.74) is 3.53. The van der Waals surface area contributed by atoms with Gasteiger partial charge in [-0.1, -0.05) is 35.5 Å². The molecule has 6 nitrogen and oxygen atoms in total. The lowest BCUT2D eigenvalue weighted by molar-refractivity contribution is 0.353. The van der Waals surface area contributed by atoms with Crippen LogP contribution in [0.25, 0.3) is 10.2 Å². The number of rotatable bonds is 7. The Kier molecular flexibility index (Phi) is 5.70. The lowest BCUT2D eigenvalue weighted by atomic mass is 9.93. The molecule has 0 amide bonds. The van der Waals surface area contributed by atoms with Gasteiger partial charge in [0.25, 0.3) is 5.56 Å². The minimum Gasteiger partial charge on any atom is -0.360 e. The molecule has 0 bridgehead atoms. The lowest BCUT2D eigenvalue weighted by Crippen LogP contribution is -2.33. The number of hydrogen-bond donors (Lipinski definition) is 1. The maximum Gasteiger partial charge on any atom is 0.262 e. The van der Waals surface area contributed by atoms with Crippen LogP contribution in [0, 0.1) is 6.92 Å². The van der Waals surface area contributed by atoms with Gasteiger partial charge in [-0.25, -0.2) is 4.98 Å². The molecule has 3 heterocycles. The maximum absolute atomic E-state index is 13.2. The monoisotopic (exact) mass is 434 g/mol. The third kappa shape index (κ3) is 4.34. The fourth-order valence-corrected chi connectivity index (χ4v) is 5.64. The van der Waals surface area contributed by atoms with Crippen molar-refractivity contribution in [2.24, 2.45) is 0 Å². The molecule has 1 aromatic carbocycles. The van der Waals surface area contributed by atoms with Crippen LogP contribution in [0.15, 0.2) is 52.0 Å². The van der Waals surface area contributed by atoms with E-state index in [0.717, 1.165) is 53.8 Å². The van der Waals surface area contributed by atoms with Gasteiger partial charge < -0.3 is 9.84 Å². The van der Waals surface area contributed by atoms with Gasteiger partial charge in [0.1, 0.15) is 4.83 Å². The van der Waals surface area contributed by atoms with Crippen LogP contribution in [0.5, 0.6) is 0 Å². The topological polar surface area (TPSA) is 73.0 Å². The van der Waals surface area contributed by atoms with Gasteiger partial charge in [0.2, 0.25) is 0 Å². The number of hydrogen-bond acceptors (Lipinski definition) is 6. The zero-order chi connectivity index (χ0) is 21.2. The van der Waals surface area contributed by atoms with Crippen LogP contribution in [0.4, 0.5) is 0 Å². The Labute approximate surface area is 184 Å². The molecule has 3 aromatic heterocycles. The Bertz CT molecular complexity index is 1240. The van der Waals surface area contributed by atoms with Crippen LogP contribution in [0.2, 0.25) is 0 Å². The van der Waals surface area contributed by atoms with Gasteiger partial charge in [0.05, 0.1) is 24.0 Å². The van der Waals surface area contributed by atoms with Crippen molar-refractivity contribution in [2.75, 3.05) is 0 Å². The Morgan fingerprint density at radius 1 is 1.29 bits per heavy atom. The predicted octanol–water partition coefficient (Wildman–Crippen LogP) is 4.03. The molecule has 0 unspecified atom stereocenters. The quantitative estimate of drug-likeness (QED) is 0.475. The highest BCUT2D eigenvalue weighted by molar-refractivity contribution is 7.18. The predicted molar refractivity (Wildman–Crippen MR) is 123 cm³/mol. The van der Waals surface area contributed by atoms with Crippen LogP contribution in [0.3, 0.4) is 0 Å². The largest absolute Gasteiger partial charge is 0.360 e. The molecule has 1 atom stereocenters. The summed E-state index contributed by atoms with van der Waals surface area (Å²) in [6.45, 7) is 3.30. The molecule has 0 spiro atoms. The van der Waals surface area contributed by atoms with E-state index >= 15 is 0 Å². The van der Waals surface area contributed by atoms with E-state index in [-0.39, 0.29) is 5.56 Å². The first kappa shape index (κ1) is 20.2. The van der Waals surface area contributed by atoms with Gasteiger partial charge >= 0.3 is 0 Å². The van der Waals surface area contributed by atoms with Gasteiger partial charge in [0.15, 0.2) is 5.76 Å². The van der Waals surface area contributed by atoms with Crippen molar-refractivity contribution in [1.82, 2.24) is 20.0 Å². The third-order valence-electron chi connectivity index (χ3n) is 5.98. The van der Waals surface area contributed by atoms with Crippen molar-refractivity contribution in [3.05, 3.63) is 80.5 Å². The molecule has 0 fully saturated rings. The Hall–Kier alpha value is -2.77. The minimum absolute atomic E-state index is 0.110.